The molecule has 0 aliphatic carbocycles. The number of hydrogen-bond donors (Lipinski definition) is 0. The molecule has 0 aliphatic heterocycles. The van der Waals surface area contributed by atoms with Crippen LogP contribution >= 0.6 is 11.8 Å². The summed E-state index contributed by atoms with van der Waals surface area (Å²) in [4.78, 5) is 12.5. The Balaban J connectivity index is 2.36. The van der Waals surface area contributed by atoms with Gasteiger partial charge in [-0.1, -0.05) is 30.0 Å². The third-order valence-electron chi connectivity index (χ3n) is 2.19. The molecule has 0 amide bonds. The van der Waals surface area contributed by atoms with Crippen LogP contribution in [0.4, 0.5) is 0 Å². The molecular formula is C13H12N2OS. The first kappa shape index (κ1) is 13.3. The van der Waals surface area contributed by atoms with Crippen LogP contribution in [0.1, 0.15) is 19.3 Å². The van der Waals surface area contributed by atoms with Crippen molar-refractivity contribution in [2.45, 2.75) is 24.2 Å². The molecule has 17 heavy (non-hydrogen) atoms. The van der Waals surface area contributed by atoms with Gasteiger partial charge in [-0.05, 0) is 18.6 Å². The van der Waals surface area contributed by atoms with Crippen molar-refractivity contribution in [3.05, 3.63) is 30.3 Å². The Morgan fingerprint density at radius 1 is 1.29 bits per heavy atom. The molecule has 1 rings (SSSR count). The van der Waals surface area contributed by atoms with Crippen LogP contribution in [0.5, 0.6) is 0 Å². The summed E-state index contributed by atoms with van der Waals surface area (Å²) >= 11 is 1.18. The summed E-state index contributed by atoms with van der Waals surface area (Å²) in [7, 11) is 0. The predicted octanol–water partition coefficient (Wildman–Crippen LogP) is 3.14. The fourth-order valence-corrected chi connectivity index (χ4v) is 2.06. The second kappa shape index (κ2) is 7.49. The number of carbonyl (C=O) groups excluding carboxylic acids is 1. The lowest BCUT2D eigenvalue weighted by atomic mass is 10.0. The van der Waals surface area contributed by atoms with Crippen molar-refractivity contribution in [1.29, 1.82) is 10.5 Å². The second-order valence-electron chi connectivity index (χ2n) is 3.51. The number of rotatable bonds is 5. The van der Waals surface area contributed by atoms with Gasteiger partial charge in [-0.15, -0.1) is 0 Å². The number of carbonyl (C=O) groups is 1. The van der Waals surface area contributed by atoms with Gasteiger partial charge >= 0.3 is 0 Å². The molecule has 1 aromatic carbocycles. The number of hydrogen-bond acceptors (Lipinski definition) is 4. The third-order valence-corrected chi connectivity index (χ3v) is 3.13. The molecule has 0 saturated carbocycles. The first-order valence-electron chi connectivity index (χ1n) is 5.28. The zero-order chi connectivity index (χ0) is 12.5. The van der Waals surface area contributed by atoms with Gasteiger partial charge in [0.2, 0.25) is 0 Å². The van der Waals surface area contributed by atoms with Crippen LogP contribution < -0.4 is 0 Å². The minimum Gasteiger partial charge on any atom is -0.287 e. The van der Waals surface area contributed by atoms with Crippen molar-refractivity contribution < 1.29 is 4.79 Å². The van der Waals surface area contributed by atoms with Crippen LogP contribution in [0.15, 0.2) is 35.2 Å². The van der Waals surface area contributed by atoms with Gasteiger partial charge in [0.05, 0.1) is 24.5 Å². The number of thioether (sulfide) groups is 1. The van der Waals surface area contributed by atoms with E-state index >= 15 is 0 Å². The highest BCUT2D eigenvalue weighted by atomic mass is 32.2. The van der Waals surface area contributed by atoms with E-state index in [1.165, 1.54) is 11.8 Å². The van der Waals surface area contributed by atoms with E-state index in [0.29, 0.717) is 12.8 Å². The molecule has 0 saturated heterocycles. The van der Waals surface area contributed by atoms with Crippen LogP contribution in [0.3, 0.4) is 0 Å². The summed E-state index contributed by atoms with van der Waals surface area (Å²) in [6.07, 6.45) is 0.988. The van der Waals surface area contributed by atoms with Crippen molar-refractivity contribution in [1.82, 2.24) is 0 Å². The minimum atomic E-state index is -0.333. The molecule has 0 spiro atoms. The van der Waals surface area contributed by atoms with Gasteiger partial charge in [-0.25, -0.2) is 0 Å². The molecule has 0 aromatic heterocycles. The van der Waals surface area contributed by atoms with Crippen molar-refractivity contribution in [3.8, 4) is 12.1 Å². The SMILES string of the molecule is N#CCC(C#N)CCC(=O)Sc1ccccc1. The summed E-state index contributed by atoms with van der Waals surface area (Å²) in [5.74, 6) is -0.333. The maximum Gasteiger partial charge on any atom is 0.193 e. The summed E-state index contributed by atoms with van der Waals surface area (Å²) in [5, 5.41) is 17.3. The Hall–Kier alpha value is -1.78. The average molecular weight is 244 g/mol. The monoisotopic (exact) mass is 244 g/mol. The molecule has 4 heteroatoms. The smallest absolute Gasteiger partial charge is 0.193 e. The van der Waals surface area contributed by atoms with Crippen molar-refractivity contribution >= 4 is 16.9 Å². The van der Waals surface area contributed by atoms with Gasteiger partial charge in [-0.2, -0.15) is 10.5 Å². The topological polar surface area (TPSA) is 64.7 Å². The first-order chi connectivity index (χ1) is 8.26. The summed E-state index contributed by atoms with van der Waals surface area (Å²) in [6.45, 7) is 0. The summed E-state index contributed by atoms with van der Waals surface area (Å²) in [6, 6.07) is 13.4. The number of benzene rings is 1. The molecule has 86 valence electrons. The van der Waals surface area contributed by atoms with Crippen LogP contribution in [0, 0.1) is 28.6 Å². The van der Waals surface area contributed by atoms with E-state index in [1.54, 1.807) is 0 Å². The molecule has 0 bridgehead atoms. The van der Waals surface area contributed by atoms with Gasteiger partial charge in [0.1, 0.15) is 0 Å². The van der Waals surface area contributed by atoms with Gasteiger partial charge in [-0.3, -0.25) is 4.79 Å². The van der Waals surface area contributed by atoms with E-state index < -0.39 is 0 Å². The van der Waals surface area contributed by atoms with Gasteiger partial charge in [0.15, 0.2) is 5.12 Å². The van der Waals surface area contributed by atoms with Crippen LogP contribution in [-0.4, -0.2) is 5.12 Å². The Kier molecular flexibility index (Phi) is 5.85. The normalized spacial score (nSPS) is 11.2. The summed E-state index contributed by atoms with van der Waals surface area (Å²) in [5.41, 5.74) is 0. The van der Waals surface area contributed by atoms with Crippen molar-refractivity contribution in [3.63, 3.8) is 0 Å². The van der Waals surface area contributed by atoms with Gasteiger partial charge < -0.3 is 0 Å². The van der Waals surface area contributed by atoms with Gasteiger partial charge in [0, 0.05) is 11.3 Å². The lowest BCUT2D eigenvalue weighted by molar-refractivity contribution is -0.111. The zero-order valence-electron chi connectivity index (χ0n) is 9.30. The van der Waals surface area contributed by atoms with E-state index in [4.69, 9.17) is 10.5 Å². The molecule has 0 radical (unpaired) electrons. The number of nitrogens with zero attached hydrogens (tertiary/aromatic N) is 2. The predicted molar refractivity (Wildman–Crippen MR) is 65.9 cm³/mol. The molecule has 0 aliphatic rings. The highest BCUT2D eigenvalue weighted by molar-refractivity contribution is 8.13. The summed E-state index contributed by atoms with van der Waals surface area (Å²) < 4.78 is 0. The molecule has 1 atom stereocenters. The fraction of sp³-hybridized carbons (Fsp3) is 0.308. The lowest BCUT2D eigenvalue weighted by Gasteiger charge is -2.03. The quantitative estimate of drug-likeness (QED) is 0.746. The number of nitriles is 2. The Morgan fingerprint density at radius 2 is 2.00 bits per heavy atom. The van der Waals surface area contributed by atoms with Crippen molar-refractivity contribution in [2.75, 3.05) is 0 Å². The standard InChI is InChI=1S/C13H12N2OS/c14-9-8-11(10-15)6-7-13(16)17-12-4-2-1-3-5-12/h1-5,11H,6-8H2. The molecule has 1 aromatic rings. The maximum atomic E-state index is 11.6. The highest BCUT2D eigenvalue weighted by Gasteiger charge is 2.11. The van der Waals surface area contributed by atoms with Crippen LogP contribution in [0.25, 0.3) is 0 Å². The minimum absolute atomic E-state index is 0.0365. The van der Waals surface area contributed by atoms with Crippen LogP contribution in [-0.2, 0) is 4.79 Å². The Labute approximate surface area is 105 Å². The largest absolute Gasteiger partial charge is 0.287 e. The Morgan fingerprint density at radius 3 is 2.59 bits per heavy atom. The second-order valence-corrected chi connectivity index (χ2v) is 4.64. The highest BCUT2D eigenvalue weighted by Crippen LogP contribution is 2.21. The average Bonchev–Trinajstić information content (AvgIpc) is 2.35. The maximum absolute atomic E-state index is 11.6. The van der Waals surface area contributed by atoms with Gasteiger partial charge in [0.25, 0.3) is 0 Å². The van der Waals surface area contributed by atoms with Crippen molar-refractivity contribution in [2.24, 2.45) is 5.92 Å². The molecule has 0 fully saturated rings. The molecule has 0 N–H and O–H groups in total. The lowest BCUT2D eigenvalue weighted by Crippen LogP contribution is -2.00. The molecule has 1 unspecified atom stereocenters. The Bertz CT molecular complexity index is 445. The fourth-order valence-electron chi connectivity index (χ4n) is 1.29. The zero-order valence-corrected chi connectivity index (χ0v) is 10.1. The van der Waals surface area contributed by atoms with E-state index in [2.05, 4.69) is 0 Å². The third kappa shape index (κ3) is 5.19. The van der Waals surface area contributed by atoms with E-state index in [9.17, 15) is 4.79 Å². The van der Waals surface area contributed by atoms with Crippen LogP contribution in [0.2, 0.25) is 0 Å². The molecule has 3 nitrogen and oxygen atoms in total. The van der Waals surface area contributed by atoms with E-state index in [0.717, 1.165) is 4.90 Å². The first-order valence-corrected chi connectivity index (χ1v) is 6.10. The molecular weight excluding hydrogens is 232 g/mol. The molecule has 0 heterocycles. The van der Waals surface area contributed by atoms with E-state index in [1.807, 2.05) is 42.5 Å². The van der Waals surface area contributed by atoms with E-state index in [-0.39, 0.29) is 17.5 Å².